The van der Waals surface area contributed by atoms with Gasteiger partial charge < -0.3 is 0 Å². The Balaban J connectivity index is 2.95. The predicted octanol–water partition coefficient (Wildman–Crippen LogP) is 2.36. The SMILES string of the molecule is CC(C)c1cncc(NS(=O)(=O)C(C)C)c1. The molecule has 16 heavy (non-hydrogen) atoms. The zero-order valence-corrected chi connectivity index (χ0v) is 10.9. The summed E-state index contributed by atoms with van der Waals surface area (Å²) >= 11 is 0. The van der Waals surface area contributed by atoms with Gasteiger partial charge in [0.1, 0.15) is 0 Å². The third-order valence-corrected chi connectivity index (χ3v) is 4.07. The molecule has 0 spiro atoms. The fourth-order valence-corrected chi connectivity index (χ4v) is 1.79. The molecule has 0 unspecified atom stereocenters. The highest BCUT2D eigenvalue weighted by molar-refractivity contribution is 7.93. The van der Waals surface area contributed by atoms with Gasteiger partial charge in [0.25, 0.3) is 0 Å². The summed E-state index contributed by atoms with van der Waals surface area (Å²) < 4.78 is 25.8. The molecular weight excluding hydrogens is 224 g/mol. The number of pyridine rings is 1. The Labute approximate surface area is 97.2 Å². The molecule has 0 amide bonds. The Kier molecular flexibility index (Phi) is 3.91. The van der Waals surface area contributed by atoms with Crippen LogP contribution in [0.25, 0.3) is 0 Å². The van der Waals surface area contributed by atoms with E-state index in [9.17, 15) is 8.42 Å². The first-order chi connectivity index (χ1) is 7.33. The first-order valence-corrected chi connectivity index (χ1v) is 6.84. The van der Waals surface area contributed by atoms with Crippen LogP contribution in [0.5, 0.6) is 0 Å². The molecule has 0 saturated heterocycles. The summed E-state index contributed by atoms with van der Waals surface area (Å²) in [4.78, 5) is 4.02. The van der Waals surface area contributed by atoms with Crippen LogP contribution in [0.1, 0.15) is 39.2 Å². The summed E-state index contributed by atoms with van der Waals surface area (Å²) in [6.07, 6.45) is 3.27. The average molecular weight is 242 g/mol. The minimum atomic E-state index is -3.28. The molecule has 1 heterocycles. The van der Waals surface area contributed by atoms with Crippen molar-refractivity contribution in [3.63, 3.8) is 0 Å². The monoisotopic (exact) mass is 242 g/mol. The molecule has 0 fully saturated rings. The predicted molar refractivity (Wildman–Crippen MR) is 66.0 cm³/mol. The first-order valence-electron chi connectivity index (χ1n) is 5.29. The van der Waals surface area contributed by atoms with Crippen molar-refractivity contribution in [2.45, 2.75) is 38.9 Å². The molecule has 1 N–H and O–H groups in total. The third kappa shape index (κ3) is 3.20. The van der Waals surface area contributed by atoms with Crippen molar-refractivity contribution >= 4 is 15.7 Å². The molecule has 0 bridgehead atoms. The maximum absolute atomic E-state index is 11.6. The summed E-state index contributed by atoms with van der Waals surface area (Å²) in [5.74, 6) is 0.330. The Morgan fingerprint density at radius 3 is 2.31 bits per heavy atom. The molecule has 0 atom stereocenters. The minimum absolute atomic E-state index is 0.330. The second kappa shape index (κ2) is 4.82. The summed E-state index contributed by atoms with van der Waals surface area (Å²) in [5, 5.41) is -0.449. The van der Waals surface area contributed by atoms with Gasteiger partial charge in [-0.3, -0.25) is 9.71 Å². The molecule has 0 aromatic carbocycles. The Bertz CT molecular complexity index is 453. The summed E-state index contributed by atoms with van der Waals surface area (Å²) in [6, 6.07) is 1.82. The summed E-state index contributed by atoms with van der Waals surface area (Å²) in [7, 11) is -3.28. The van der Waals surface area contributed by atoms with E-state index in [2.05, 4.69) is 9.71 Å². The highest BCUT2D eigenvalue weighted by atomic mass is 32.2. The van der Waals surface area contributed by atoms with Crippen LogP contribution in [0.2, 0.25) is 0 Å². The van der Waals surface area contributed by atoms with Gasteiger partial charge in [0, 0.05) is 6.20 Å². The molecule has 5 heteroatoms. The number of rotatable bonds is 4. The molecule has 1 rings (SSSR count). The van der Waals surface area contributed by atoms with E-state index in [4.69, 9.17) is 0 Å². The van der Waals surface area contributed by atoms with Crippen molar-refractivity contribution in [3.05, 3.63) is 24.0 Å². The number of nitrogens with zero attached hydrogens (tertiary/aromatic N) is 1. The molecule has 4 nitrogen and oxygen atoms in total. The van der Waals surface area contributed by atoms with Crippen LogP contribution >= 0.6 is 0 Å². The molecule has 0 radical (unpaired) electrons. The molecule has 1 aromatic rings. The van der Waals surface area contributed by atoms with Crippen molar-refractivity contribution in [1.82, 2.24) is 4.98 Å². The second-order valence-corrected chi connectivity index (χ2v) is 6.59. The van der Waals surface area contributed by atoms with Crippen molar-refractivity contribution < 1.29 is 8.42 Å². The van der Waals surface area contributed by atoms with Crippen molar-refractivity contribution in [2.24, 2.45) is 0 Å². The van der Waals surface area contributed by atoms with Gasteiger partial charge in [-0.2, -0.15) is 0 Å². The van der Waals surface area contributed by atoms with Crippen LogP contribution in [-0.2, 0) is 10.0 Å². The first kappa shape index (κ1) is 13.0. The lowest BCUT2D eigenvalue weighted by Gasteiger charge is -2.12. The largest absolute Gasteiger partial charge is 0.282 e. The summed E-state index contributed by atoms with van der Waals surface area (Å²) in [5.41, 5.74) is 1.55. The topological polar surface area (TPSA) is 59.1 Å². The van der Waals surface area contributed by atoms with Crippen molar-refractivity contribution in [1.29, 1.82) is 0 Å². The van der Waals surface area contributed by atoms with Crippen molar-refractivity contribution in [2.75, 3.05) is 4.72 Å². The number of sulfonamides is 1. The lowest BCUT2D eigenvalue weighted by atomic mass is 10.1. The van der Waals surface area contributed by atoms with E-state index < -0.39 is 15.3 Å². The highest BCUT2D eigenvalue weighted by Crippen LogP contribution is 2.18. The Morgan fingerprint density at radius 2 is 1.81 bits per heavy atom. The van der Waals surface area contributed by atoms with Gasteiger partial charge in [0.05, 0.1) is 17.1 Å². The smallest absolute Gasteiger partial charge is 0.235 e. The maximum Gasteiger partial charge on any atom is 0.235 e. The van der Waals surface area contributed by atoms with Crippen LogP contribution in [0.3, 0.4) is 0 Å². The lowest BCUT2D eigenvalue weighted by Crippen LogP contribution is -2.22. The van der Waals surface area contributed by atoms with Crippen molar-refractivity contribution in [3.8, 4) is 0 Å². The van der Waals surface area contributed by atoms with Crippen LogP contribution in [-0.4, -0.2) is 18.7 Å². The minimum Gasteiger partial charge on any atom is -0.282 e. The maximum atomic E-state index is 11.6. The zero-order chi connectivity index (χ0) is 12.3. The van der Waals surface area contributed by atoms with E-state index in [1.807, 2.05) is 19.9 Å². The molecule has 1 aromatic heterocycles. The quantitative estimate of drug-likeness (QED) is 0.881. The number of nitrogens with one attached hydrogen (secondary N) is 1. The van der Waals surface area contributed by atoms with Gasteiger partial charge >= 0.3 is 0 Å². The van der Waals surface area contributed by atoms with Gasteiger partial charge in [-0.15, -0.1) is 0 Å². The van der Waals surface area contributed by atoms with Gasteiger partial charge in [0.15, 0.2) is 0 Å². The van der Waals surface area contributed by atoms with E-state index in [-0.39, 0.29) is 0 Å². The number of hydrogen-bond donors (Lipinski definition) is 1. The zero-order valence-electron chi connectivity index (χ0n) is 10.1. The van der Waals surface area contributed by atoms with Crippen LogP contribution in [0.4, 0.5) is 5.69 Å². The van der Waals surface area contributed by atoms with Gasteiger partial charge in [-0.1, -0.05) is 13.8 Å². The molecule has 0 aliphatic heterocycles. The Hall–Kier alpha value is -1.10. The second-order valence-electron chi connectivity index (χ2n) is 4.36. The van der Waals surface area contributed by atoms with E-state index >= 15 is 0 Å². The molecule has 0 aliphatic rings. The van der Waals surface area contributed by atoms with Crippen LogP contribution < -0.4 is 4.72 Å². The van der Waals surface area contributed by atoms with Crippen LogP contribution in [0.15, 0.2) is 18.5 Å². The van der Waals surface area contributed by atoms with Gasteiger partial charge in [-0.05, 0) is 31.4 Å². The standard InChI is InChI=1S/C11H18N2O2S/c1-8(2)10-5-11(7-12-6-10)13-16(14,15)9(3)4/h5-9,13H,1-4H3. The fourth-order valence-electron chi connectivity index (χ4n) is 1.11. The number of aromatic nitrogens is 1. The molecular formula is C11H18N2O2S. The molecule has 90 valence electrons. The van der Waals surface area contributed by atoms with Gasteiger partial charge in [-0.25, -0.2) is 8.42 Å². The fraction of sp³-hybridized carbons (Fsp3) is 0.545. The van der Waals surface area contributed by atoms with E-state index in [1.54, 1.807) is 20.0 Å². The highest BCUT2D eigenvalue weighted by Gasteiger charge is 2.15. The number of anilines is 1. The molecule has 0 aliphatic carbocycles. The molecule has 0 saturated carbocycles. The lowest BCUT2D eigenvalue weighted by molar-refractivity contribution is 0.592. The van der Waals surface area contributed by atoms with E-state index in [1.165, 1.54) is 6.20 Å². The average Bonchev–Trinajstić information content (AvgIpc) is 2.17. The Morgan fingerprint density at radius 1 is 1.19 bits per heavy atom. The van der Waals surface area contributed by atoms with E-state index in [0.717, 1.165) is 5.56 Å². The normalized spacial score (nSPS) is 12.1. The van der Waals surface area contributed by atoms with Gasteiger partial charge in [0.2, 0.25) is 10.0 Å². The number of hydrogen-bond acceptors (Lipinski definition) is 3. The third-order valence-electron chi connectivity index (χ3n) is 2.31. The van der Waals surface area contributed by atoms with Crippen LogP contribution in [0, 0.1) is 0 Å². The van der Waals surface area contributed by atoms with E-state index in [0.29, 0.717) is 11.6 Å². The summed E-state index contributed by atoms with van der Waals surface area (Å²) in [6.45, 7) is 7.36.